The topological polar surface area (TPSA) is 47.6 Å². The zero-order chi connectivity index (χ0) is 15.7. The summed E-state index contributed by atoms with van der Waals surface area (Å²) in [6, 6.07) is 0. The number of hydrogen-bond donors (Lipinski definition) is 1. The molecule has 0 unspecified atom stereocenters. The summed E-state index contributed by atoms with van der Waals surface area (Å²) >= 11 is 0. The minimum atomic E-state index is -1.11. The molecule has 0 aromatic rings. The summed E-state index contributed by atoms with van der Waals surface area (Å²) in [6.45, 7) is 16.4. The molecule has 1 N–H and O–H groups in total. The van der Waals surface area contributed by atoms with Gasteiger partial charge in [-0.2, -0.15) is 0 Å². The Labute approximate surface area is 127 Å². The zero-order valence-electron chi connectivity index (χ0n) is 14.1. The molecule has 0 aromatic carbocycles. The largest absolute Gasteiger partial charge is 0.479 e. The first-order valence-corrected chi connectivity index (χ1v) is 8.55. The van der Waals surface area contributed by atoms with Crippen LogP contribution in [0.1, 0.15) is 61.8 Å². The highest BCUT2D eigenvalue weighted by molar-refractivity contribution is 7.84. The summed E-state index contributed by atoms with van der Waals surface area (Å²) in [5.41, 5.74) is -0.0257. The third-order valence-electron chi connectivity index (χ3n) is 3.09. The Bertz CT molecular complexity index is 343. The first-order chi connectivity index (χ1) is 8.91. The standard InChI is InChI=1S/C14H30BNO3S/c1-10(2)9-11(16-20(17)14(6,7)8)15-18-12(19-15)13(3,4)5/h10-12,16H,9H2,1-8H3/t11-,20+/m0/s1. The Hall–Kier alpha value is 0.0949. The molecule has 1 saturated heterocycles. The summed E-state index contributed by atoms with van der Waals surface area (Å²) in [7, 11) is -1.41. The maximum Gasteiger partial charge on any atom is 0.479 e. The predicted molar refractivity (Wildman–Crippen MR) is 85.4 cm³/mol. The van der Waals surface area contributed by atoms with Gasteiger partial charge in [-0.15, -0.1) is 0 Å². The summed E-state index contributed by atoms with van der Waals surface area (Å²) in [5, 5.41) is 0. The molecule has 20 heavy (non-hydrogen) atoms. The predicted octanol–water partition coefficient (Wildman–Crippen LogP) is 2.90. The molecule has 0 amide bonds. The molecule has 0 radical (unpaired) electrons. The van der Waals surface area contributed by atoms with Crippen molar-refractivity contribution in [2.24, 2.45) is 11.3 Å². The summed E-state index contributed by atoms with van der Waals surface area (Å²) in [5.74, 6) is 0.457. The van der Waals surface area contributed by atoms with Crippen molar-refractivity contribution in [3.8, 4) is 0 Å². The van der Waals surface area contributed by atoms with Gasteiger partial charge in [0.15, 0.2) is 0 Å². The minimum Gasteiger partial charge on any atom is -0.385 e. The fourth-order valence-electron chi connectivity index (χ4n) is 1.89. The molecule has 118 valence electrons. The molecule has 0 spiro atoms. The van der Waals surface area contributed by atoms with Crippen LogP contribution in [-0.4, -0.2) is 28.3 Å². The summed E-state index contributed by atoms with van der Waals surface area (Å²) < 4.78 is 26.9. The minimum absolute atomic E-state index is 0.0257. The van der Waals surface area contributed by atoms with Crippen molar-refractivity contribution >= 4 is 18.1 Å². The molecule has 0 saturated carbocycles. The van der Waals surface area contributed by atoms with E-state index >= 15 is 0 Å². The second-order valence-electron chi connectivity index (χ2n) is 8.07. The van der Waals surface area contributed by atoms with E-state index in [0.29, 0.717) is 5.92 Å². The van der Waals surface area contributed by atoms with E-state index in [-0.39, 0.29) is 29.5 Å². The third-order valence-corrected chi connectivity index (χ3v) is 4.72. The molecule has 0 aliphatic carbocycles. The Morgan fingerprint density at radius 2 is 1.65 bits per heavy atom. The smallest absolute Gasteiger partial charge is 0.385 e. The van der Waals surface area contributed by atoms with E-state index in [2.05, 4.69) is 39.3 Å². The first kappa shape index (κ1) is 18.1. The van der Waals surface area contributed by atoms with E-state index in [0.717, 1.165) is 6.42 Å². The van der Waals surface area contributed by atoms with E-state index in [1.165, 1.54) is 0 Å². The number of hydrogen-bond acceptors (Lipinski definition) is 3. The lowest BCUT2D eigenvalue weighted by Crippen LogP contribution is -2.62. The van der Waals surface area contributed by atoms with Crippen molar-refractivity contribution in [3.05, 3.63) is 0 Å². The van der Waals surface area contributed by atoms with Crippen LogP contribution in [0.5, 0.6) is 0 Å². The number of nitrogens with one attached hydrogen (secondary N) is 1. The van der Waals surface area contributed by atoms with Crippen LogP contribution in [0.3, 0.4) is 0 Å². The van der Waals surface area contributed by atoms with Crippen molar-refractivity contribution in [1.29, 1.82) is 0 Å². The Kier molecular flexibility index (Phi) is 5.87. The summed E-state index contributed by atoms with van der Waals surface area (Å²) in [4.78, 5) is 0. The molecule has 6 heteroatoms. The van der Waals surface area contributed by atoms with Gasteiger partial charge in [0.1, 0.15) is 6.29 Å². The van der Waals surface area contributed by atoms with Crippen molar-refractivity contribution < 1.29 is 13.5 Å². The van der Waals surface area contributed by atoms with E-state index in [4.69, 9.17) is 9.31 Å². The Morgan fingerprint density at radius 3 is 2.00 bits per heavy atom. The highest BCUT2D eigenvalue weighted by Crippen LogP contribution is 2.33. The van der Waals surface area contributed by atoms with Crippen LogP contribution >= 0.6 is 0 Å². The molecule has 0 aromatic heterocycles. The Morgan fingerprint density at radius 1 is 1.15 bits per heavy atom. The third kappa shape index (κ3) is 5.13. The van der Waals surface area contributed by atoms with Crippen LogP contribution in [-0.2, 0) is 20.3 Å². The lowest BCUT2D eigenvalue weighted by molar-refractivity contribution is -0.176. The maximum atomic E-state index is 12.3. The Balaban J connectivity index is 2.62. The molecule has 4 nitrogen and oxygen atoms in total. The van der Waals surface area contributed by atoms with Gasteiger partial charge in [0.05, 0.1) is 21.7 Å². The second-order valence-corrected chi connectivity index (χ2v) is 10.1. The molecule has 1 rings (SSSR count). The first-order valence-electron chi connectivity index (χ1n) is 7.40. The SMILES string of the molecule is CC(C)C[C@H](N[S@](=O)C(C)(C)C)B1OC(C(C)(C)C)O1. The van der Waals surface area contributed by atoms with Gasteiger partial charge in [-0.05, 0) is 33.1 Å². The van der Waals surface area contributed by atoms with Gasteiger partial charge >= 0.3 is 7.12 Å². The van der Waals surface area contributed by atoms with Crippen LogP contribution in [0.25, 0.3) is 0 Å². The van der Waals surface area contributed by atoms with Crippen LogP contribution in [0.15, 0.2) is 0 Å². The molecule has 1 fully saturated rings. The van der Waals surface area contributed by atoms with Crippen LogP contribution in [0.2, 0.25) is 0 Å². The van der Waals surface area contributed by atoms with Gasteiger partial charge in [-0.1, -0.05) is 34.6 Å². The van der Waals surface area contributed by atoms with E-state index < -0.39 is 11.0 Å². The highest BCUT2D eigenvalue weighted by atomic mass is 32.2. The zero-order valence-corrected chi connectivity index (χ0v) is 15.0. The average Bonchev–Trinajstić information content (AvgIpc) is 2.09. The lowest BCUT2D eigenvalue weighted by atomic mass is 9.71. The summed E-state index contributed by atoms with van der Waals surface area (Å²) in [6.07, 6.45) is 0.704. The van der Waals surface area contributed by atoms with E-state index in [1.807, 2.05) is 20.8 Å². The molecular weight excluding hydrogens is 273 g/mol. The van der Waals surface area contributed by atoms with Crippen molar-refractivity contribution in [2.75, 3.05) is 0 Å². The second kappa shape index (κ2) is 6.47. The fraction of sp³-hybridized carbons (Fsp3) is 1.00. The van der Waals surface area contributed by atoms with E-state index in [1.54, 1.807) is 0 Å². The molecule has 1 aliphatic rings. The maximum absolute atomic E-state index is 12.3. The molecule has 0 bridgehead atoms. The molecule has 1 aliphatic heterocycles. The van der Waals surface area contributed by atoms with Gasteiger partial charge in [-0.3, -0.25) is 0 Å². The normalized spacial score (nSPS) is 20.9. The van der Waals surface area contributed by atoms with Crippen LogP contribution < -0.4 is 4.72 Å². The lowest BCUT2D eigenvalue weighted by Gasteiger charge is -2.45. The van der Waals surface area contributed by atoms with Crippen LogP contribution in [0.4, 0.5) is 0 Å². The monoisotopic (exact) mass is 303 g/mol. The van der Waals surface area contributed by atoms with Crippen molar-refractivity contribution in [2.45, 2.75) is 78.8 Å². The van der Waals surface area contributed by atoms with Gasteiger partial charge in [0, 0.05) is 5.41 Å². The van der Waals surface area contributed by atoms with Gasteiger partial charge in [0.2, 0.25) is 0 Å². The molecule has 1 heterocycles. The highest BCUT2D eigenvalue weighted by Gasteiger charge is 2.48. The van der Waals surface area contributed by atoms with Gasteiger partial charge in [0.25, 0.3) is 0 Å². The van der Waals surface area contributed by atoms with Gasteiger partial charge in [-0.25, -0.2) is 8.93 Å². The molecular formula is C14H30BNO3S. The molecule has 2 atom stereocenters. The van der Waals surface area contributed by atoms with Gasteiger partial charge < -0.3 is 9.31 Å². The van der Waals surface area contributed by atoms with Crippen molar-refractivity contribution in [1.82, 2.24) is 4.72 Å². The van der Waals surface area contributed by atoms with E-state index in [9.17, 15) is 4.21 Å². The number of rotatable bonds is 5. The van der Waals surface area contributed by atoms with Crippen LogP contribution in [0, 0.1) is 11.3 Å². The average molecular weight is 303 g/mol. The van der Waals surface area contributed by atoms with Crippen molar-refractivity contribution in [3.63, 3.8) is 0 Å². The fourth-order valence-corrected chi connectivity index (χ4v) is 2.72. The quantitative estimate of drug-likeness (QED) is 0.794.